The third kappa shape index (κ3) is 3.06. The molecule has 0 unspecified atom stereocenters. The molecule has 0 bridgehead atoms. The number of aromatic carboxylic acids is 1. The van der Waals surface area contributed by atoms with E-state index in [2.05, 4.69) is 10.1 Å². The molecule has 1 fully saturated rings. The minimum absolute atomic E-state index is 0.133. The zero-order valence-electron chi connectivity index (χ0n) is 13.5. The van der Waals surface area contributed by atoms with Crippen LogP contribution in [0.25, 0.3) is 23.3 Å². The molecule has 1 N–H and O–H groups in total. The van der Waals surface area contributed by atoms with Crippen LogP contribution < -0.4 is 0 Å². The van der Waals surface area contributed by atoms with Crippen LogP contribution in [0.1, 0.15) is 40.8 Å². The first-order valence-electron chi connectivity index (χ1n) is 8.14. The first kappa shape index (κ1) is 15.6. The van der Waals surface area contributed by atoms with E-state index in [-0.39, 0.29) is 5.56 Å². The minimum Gasteiger partial charge on any atom is -0.478 e. The third-order valence-electron chi connectivity index (χ3n) is 4.30. The van der Waals surface area contributed by atoms with Crippen molar-refractivity contribution < 1.29 is 19.1 Å². The van der Waals surface area contributed by atoms with E-state index in [1.807, 2.05) is 16.8 Å². The predicted molar refractivity (Wildman–Crippen MR) is 91.2 cm³/mol. The van der Waals surface area contributed by atoms with Gasteiger partial charge in [-0.15, -0.1) is 0 Å². The number of para-hydroxylation sites is 1. The Hall–Kier alpha value is -2.93. The number of nitrogens with zero attached hydrogens (tertiary/aromatic N) is 3. The molecule has 0 aliphatic carbocycles. The summed E-state index contributed by atoms with van der Waals surface area (Å²) >= 11 is 0. The molecule has 0 spiro atoms. The van der Waals surface area contributed by atoms with E-state index < -0.39 is 5.97 Å². The van der Waals surface area contributed by atoms with Crippen molar-refractivity contribution in [1.82, 2.24) is 14.8 Å². The van der Waals surface area contributed by atoms with Crippen LogP contribution >= 0.6 is 0 Å². The number of hydrogen-bond acceptors (Lipinski definition) is 5. The molecule has 0 atom stereocenters. The highest BCUT2D eigenvalue weighted by Crippen LogP contribution is 2.24. The van der Waals surface area contributed by atoms with Crippen LogP contribution in [0.4, 0.5) is 0 Å². The topological polar surface area (TPSA) is 90.4 Å². The molecule has 3 aromatic rings. The van der Waals surface area contributed by atoms with Gasteiger partial charge in [0.2, 0.25) is 5.89 Å². The molecule has 3 heterocycles. The molecule has 0 radical (unpaired) electrons. The second-order valence-corrected chi connectivity index (χ2v) is 5.89. The Morgan fingerprint density at radius 1 is 1.24 bits per heavy atom. The van der Waals surface area contributed by atoms with Gasteiger partial charge in [0.1, 0.15) is 5.52 Å². The van der Waals surface area contributed by atoms with Gasteiger partial charge in [0, 0.05) is 25.5 Å². The van der Waals surface area contributed by atoms with Crippen molar-refractivity contribution in [1.29, 1.82) is 0 Å². The molecule has 1 aliphatic heterocycles. The molecular weight excluding hydrogens is 322 g/mol. The molecule has 1 saturated heterocycles. The summed E-state index contributed by atoms with van der Waals surface area (Å²) in [7, 11) is 0. The second-order valence-electron chi connectivity index (χ2n) is 5.89. The van der Waals surface area contributed by atoms with E-state index in [4.69, 9.17) is 9.15 Å². The molecule has 0 amide bonds. The molecule has 128 valence electrons. The van der Waals surface area contributed by atoms with Crippen molar-refractivity contribution in [3.05, 3.63) is 47.6 Å². The van der Waals surface area contributed by atoms with Crippen molar-refractivity contribution in [2.24, 2.45) is 0 Å². The average Bonchev–Trinajstić information content (AvgIpc) is 3.26. The van der Waals surface area contributed by atoms with E-state index in [1.54, 1.807) is 24.4 Å². The van der Waals surface area contributed by atoms with Crippen LogP contribution in [0.5, 0.6) is 0 Å². The highest BCUT2D eigenvalue weighted by molar-refractivity contribution is 6.00. The van der Waals surface area contributed by atoms with Crippen LogP contribution in [0.3, 0.4) is 0 Å². The Morgan fingerprint density at radius 2 is 2.08 bits per heavy atom. The summed E-state index contributed by atoms with van der Waals surface area (Å²) in [5, 5.41) is 13.6. The van der Waals surface area contributed by atoms with Crippen molar-refractivity contribution in [2.45, 2.75) is 18.9 Å². The van der Waals surface area contributed by atoms with Crippen LogP contribution in [-0.2, 0) is 4.74 Å². The van der Waals surface area contributed by atoms with Crippen LogP contribution in [0.2, 0.25) is 0 Å². The lowest BCUT2D eigenvalue weighted by molar-refractivity contribution is 0.0660. The number of oxazole rings is 1. The largest absolute Gasteiger partial charge is 0.478 e. The monoisotopic (exact) mass is 339 g/mol. The lowest BCUT2D eigenvalue weighted by Crippen LogP contribution is -2.21. The fourth-order valence-corrected chi connectivity index (χ4v) is 3.06. The van der Waals surface area contributed by atoms with Gasteiger partial charge in [-0.1, -0.05) is 6.07 Å². The Balaban J connectivity index is 1.62. The quantitative estimate of drug-likeness (QED) is 0.785. The standard InChI is InChI=1S/C18H17N3O4/c22-18(23)14-2-1-3-15-17(14)20-16(25-15)5-4-12-6-9-19-21(12)13-7-10-24-11-8-13/h1-6,9,13H,7-8,10-11H2,(H,22,23). The van der Waals surface area contributed by atoms with Gasteiger partial charge in [-0.2, -0.15) is 5.10 Å². The highest BCUT2D eigenvalue weighted by Gasteiger charge is 2.18. The lowest BCUT2D eigenvalue weighted by atomic mass is 10.1. The van der Waals surface area contributed by atoms with Gasteiger partial charge in [0.25, 0.3) is 0 Å². The predicted octanol–water partition coefficient (Wildman–Crippen LogP) is 3.24. The molecule has 2 aromatic heterocycles. The van der Waals surface area contributed by atoms with Crippen LogP contribution in [0, 0.1) is 0 Å². The zero-order valence-corrected chi connectivity index (χ0v) is 13.5. The fraction of sp³-hybridized carbons (Fsp3) is 0.278. The molecular formula is C18H17N3O4. The maximum atomic E-state index is 11.3. The minimum atomic E-state index is -1.02. The number of rotatable bonds is 4. The second kappa shape index (κ2) is 6.52. The maximum Gasteiger partial charge on any atom is 0.338 e. The fourth-order valence-electron chi connectivity index (χ4n) is 3.06. The summed E-state index contributed by atoms with van der Waals surface area (Å²) in [6.07, 6.45) is 7.26. The first-order chi connectivity index (χ1) is 12.2. The Bertz CT molecular complexity index is 935. The van der Waals surface area contributed by atoms with E-state index in [0.717, 1.165) is 31.7 Å². The van der Waals surface area contributed by atoms with Crippen LogP contribution in [-0.4, -0.2) is 39.1 Å². The lowest BCUT2D eigenvalue weighted by Gasteiger charge is -2.23. The molecule has 1 aromatic carbocycles. The van der Waals surface area contributed by atoms with E-state index in [9.17, 15) is 9.90 Å². The van der Waals surface area contributed by atoms with Gasteiger partial charge in [0.05, 0.1) is 17.3 Å². The van der Waals surface area contributed by atoms with Crippen molar-refractivity contribution in [2.75, 3.05) is 13.2 Å². The van der Waals surface area contributed by atoms with Crippen molar-refractivity contribution >= 4 is 29.2 Å². The van der Waals surface area contributed by atoms with Gasteiger partial charge in [-0.05, 0) is 37.1 Å². The summed E-state index contributed by atoms with van der Waals surface area (Å²) in [6.45, 7) is 1.49. The van der Waals surface area contributed by atoms with E-state index in [1.165, 1.54) is 6.07 Å². The highest BCUT2D eigenvalue weighted by atomic mass is 16.5. The maximum absolute atomic E-state index is 11.3. The molecule has 25 heavy (non-hydrogen) atoms. The van der Waals surface area contributed by atoms with Gasteiger partial charge >= 0.3 is 5.97 Å². The summed E-state index contributed by atoms with van der Waals surface area (Å²) in [5.74, 6) is -0.657. The Morgan fingerprint density at radius 3 is 2.88 bits per heavy atom. The smallest absolute Gasteiger partial charge is 0.338 e. The molecule has 0 saturated carbocycles. The van der Waals surface area contributed by atoms with Gasteiger partial charge < -0.3 is 14.3 Å². The van der Waals surface area contributed by atoms with Crippen molar-refractivity contribution in [3.63, 3.8) is 0 Å². The summed E-state index contributed by atoms with van der Waals surface area (Å²) in [6, 6.07) is 7.12. The van der Waals surface area contributed by atoms with E-state index >= 15 is 0 Å². The SMILES string of the molecule is O=C(O)c1cccc2oc(C=Cc3ccnn3C3CCOCC3)nc12. The van der Waals surface area contributed by atoms with Crippen molar-refractivity contribution in [3.8, 4) is 0 Å². The summed E-state index contributed by atoms with van der Waals surface area (Å²) < 4.78 is 13.0. The molecule has 4 rings (SSSR count). The molecule has 1 aliphatic rings. The summed E-state index contributed by atoms with van der Waals surface area (Å²) in [4.78, 5) is 15.6. The number of hydrogen-bond donors (Lipinski definition) is 1. The number of benzene rings is 1. The van der Waals surface area contributed by atoms with Gasteiger partial charge in [0.15, 0.2) is 5.58 Å². The zero-order chi connectivity index (χ0) is 17.2. The molecule has 7 heteroatoms. The Labute approximate surface area is 143 Å². The van der Waals surface area contributed by atoms with Gasteiger partial charge in [-0.25, -0.2) is 9.78 Å². The average molecular weight is 339 g/mol. The number of aromatic nitrogens is 3. The Kier molecular flexibility index (Phi) is 4.07. The summed E-state index contributed by atoms with van der Waals surface area (Å²) in [5.41, 5.74) is 1.89. The number of carbonyl (C=O) groups is 1. The third-order valence-corrected chi connectivity index (χ3v) is 4.30. The number of carboxylic acids is 1. The molecule has 7 nitrogen and oxygen atoms in total. The van der Waals surface area contributed by atoms with E-state index in [0.29, 0.717) is 23.0 Å². The normalized spacial score (nSPS) is 16.0. The number of fused-ring (bicyclic) bond motifs is 1. The number of ether oxygens (including phenoxy) is 1. The van der Waals surface area contributed by atoms with Gasteiger partial charge in [-0.3, -0.25) is 4.68 Å². The number of carboxylic acid groups (broad SMARTS) is 1. The first-order valence-corrected chi connectivity index (χ1v) is 8.14. The van der Waals surface area contributed by atoms with Crippen LogP contribution in [0.15, 0.2) is 34.9 Å².